The SMILES string of the molecule is COc1cc(-n2c(C)nn(Cc3cc(F)ccc3F)c2=O)ccc1-c1cn[nH]c1. The molecule has 9 heteroatoms. The number of aromatic amines is 1. The molecule has 2 aromatic carbocycles. The van der Waals surface area contributed by atoms with Crippen LogP contribution in [0, 0.1) is 18.6 Å². The minimum atomic E-state index is -0.600. The number of H-pyrrole nitrogens is 1. The van der Waals surface area contributed by atoms with Crippen LogP contribution in [0.3, 0.4) is 0 Å². The van der Waals surface area contributed by atoms with E-state index in [1.165, 1.54) is 11.7 Å². The van der Waals surface area contributed by atoms with Gasteiger partial charge < -0.3 is 4.74 Å². The average molecular weight is 397 g/mol. The smallest absolute Gasteiger partial charge is 0.350 e. The Morgan fingerprint density at radius 1 is 1.17 bits per heavy atom. The Bertz CT molecular complexity index is 1230. The molecule has 1 N–H and O–H groups in total. The minimum absolute atomic E-state index is 0.0460. The Hall–Kier alpha value is -3.75. The molecule has 0 saturated carbocycles. The fourth-order valence-electron chi connectivity index (χ4n) is 3.20. The summed E-state index contributed by atoms with van der Waals surface area (Å²) in [7, 11) is 1.54. The van der Waals surface area contributed by atoms with Crippen LogP contribution in [-0.4, -0.2) is 31.7 Å². The molecule has 4 aromatic rings. The summed E-state index contributed by atoms with van der Waals surface area (Å²) in [6.45, 7) is 1.48. The molecule has 0 atom stereocenters. The Morgan fingerprint density at radius 2 is 2.00 bits per heavy atom. The predicted molar refractivity (Wildman–Crippen MR) is 102 cm³/mol. The van der Waals surface area contributed by atoms with Crippen LogP contribution >= 0.6 is 0 Å². The summed E-state index contributed by atoms with van der Waals surface area (Å²) in [5, 5.41) is 10.9. The summed E-state index contributed by atoms with van der Waals surface area (Å²) < 4.78 is 35.3. The van der Waals surface area contributed by atoms with E-state index >= 15 is 0 Å². The van der Waals surface area contributed by atoms with E-state index in [1.807, 2.05) is 6.07 Å². The van der Waals surface area contributed by atoms with Crippen molar-refractivity contribution in [2.75, 3.05) is 7.11 Å². The molecule has 0 aliphatic heterocycles. The summed E-state index contributed by atoms with van der Waals surface area (Å²) in [6, 6.07) is 8.39. The van der Waals surface area contributed by atoms with Crippen LogP contribution in [0.1, 0.15) is 11.4 Å². The van der Waals surface area contributed by atoms with Gasteiger partial charge in [-0.25, -0.2) is 22.8 Å². The molecule has 0 spiro atoms. The van der Waals surface area contributed by atoms with Crippen molar-refractivity contribution in [2.45, 2.75) is 13.5 Å². The highest BCUT2D eigenvalue weighted by Crippen LogP contribution is 2.31. The van der Waals surface area contributed by atoms with E-state index in [0.29, 0.717) is 17.3 Å². The summed E-state index contributed by atoms with van der Waals surface area (Å²) in [5.41, 5.74) is 1.77. The lowest BCUT2D eigenvalue weighted by atomic mass is 10.1. The van der Waals surface area contributed by atoms with Gasteiger partial charge in [0, 0.05) is 29.0 Å². The number of nitrogens with zero attached hydrogens (tertiary/aromatic N) is 4. The van der Waals surface area contributed by atoms with E-state index in [4.69, 9.17) is 4.74 Å². The second kappa shape index (κ2) is 7.34. The highest BCUT2D eigenvalue weighted by molar-refractivity contribution is 5.71. The van der Waals surface area contributed by atoms with Crippen molar-refractivity contribution >= 4 is 0 Å². The van der Waals surface area contributed by atoms with E-state index in [0.717, 1.165) is 34.0 Å². The molecular formula is C20H17F2N5O2. The zero-order valence-electron chi connectivity index (χ0n) is 15.7. The topological polar surface area (TPSA) is 77.7 Å². The average Bonchev–Trinajstić information content (AvgIpc) is 3.33. The third-order valence-corrected chi connectivity index (χ3v) is 4.58. The van der Waals surface area contributed by atoms with Gasteiger partial charge in [0.25, 0.3) is 0 Å². The van der Waals surface area contributed by atoms with E-state index in [1.54, 1.807) is 31.5 Å². The van der Waals surface area contributed by atoms with Crippen molar-refractivity contribution < 1.29 is 13.5 Å². The number of methoxy groups -OCH3 is 1. The van der Waals surface area contributed by atoms with Gasteiger partial charge >= 0.3 is 5.69 Å². The van der Waals surface area contributed by atoms with Gasteiger partial charge in [0.15, 0.2) is 0 Å². The maximum Gasteiger partial charge on any atom is 0.350 e. The number of benzene rings is 2. The molecule has 148 valence electrons. The fraction of sp³-hybridized carbons (Fsp3) is 0.150. The Kier molecular flexibility index (Phi) is 4.71. The normalized spacial score (nSPS) is 11.0. The van der Waals surface area contributed by atoms with Gasteiger partial charge in [-0.1, -0.05) is 0 Å². The zero-order valence-corrected chi connectivity index (χ0v) is 15.7. The third-order valence-electron chi connectivity index (χ3n) is 4.58. The monoisotopic (exact) mass is 397 g/mol. The summed E-state index contributed by atoms with van der Waals surface area (Å²) in [4.78, 5) is 12.9. The number of aryl methyl sites for hydroxylation is 1. The quantitative estimate of drug-likeness (QED) is 0.562. The molecule has 0 aliphatic carbocycles. The molecule has 0 unspecified atom stereocenters. The van der Waals surface area contributed by atoms with Gasteiger partial charge in [-0.2, -0.15) is 10.2 Å². The van der Waals surface area contributed by atoms with Crippen LogP contribution in [0.4, 0.5) is 8.78 Å². The number of hydrogen-bond acceptors (Lipinski definition) is 4. The first-order chi connectivity index (χ1) is 14.0. The van der Waals surface area contributed by atoms with Gasteiger partial charge in [0.2, 0.25) is 0 Å². The van der Waals surface area contributed by atoms with Crippen molar-refractivity contribution in [1.29, 1.82) is 0 Å². The standard InChI is InChI=1S/C20H17F2N5O2/c1-12-25-26(11-13-7-15(21)3-6-18(13)22)20(28)27(12)16-4-5-17(19(8-16)29-2)14-9-23-24-10-14/h3-10H,11H2,1-2H3,(H,23,24). The van der Waals surface area contributed by atoms with Crippen LogP contribution in [0.15, 0.2) is 53.6 Å². The molecule has 0 aliphatic rings. The maximum atomic E-state index is 14.0. The van der Waals surface area contributed by atoms with Crippen LogP contribution in [-0.2, 0) is 6.54 Å². The predicted octanol–water partition coefficient (Wildman–Crippen LogP) is 3.07. The molecular weight excluding hydrogens is 380 g/mol. The number of nitrogens with one attached hydrogen (secondary N) is 1. The molecule has 0 bridgehead atoms. The molecule has 0 saturated heterocycles. The number of aromatic nitrogens is 5. The van der Waals surface area contributed by atoms with Gasteiger partial charge in [-0.3, -0.25) is 5.10 Å². The summed E-state index contributed by atoms with van der Waals surface area (Å²) in [5.74, 6) is -0.217. The fourth-order valence-corrected chi connectivity index (χ4v) is 3.20. The second-order valence-corrected chi connectivity index (χ2v) is 6.43. The number of rotatable bonds is 5. The van der Waals surface area contributed by atoms with Gasteiger partial charge in [-0.05, 0) is 37.3 Å². The molecule has 2 heterocycles. The first-order valence-corrected chi connectivity index (χ1v) is 8.76. The van der Waals surface area contributed by atoms with E-state index < -0.39 is 17.3 Å². The van der Waals surface area contributed by atoms with Crippen molar-refractivity contribution in [2.24, 2.45) is 0 Å². The Morgan fingerprint density at radius 3 is 2.72 bits per heavy atom. The molecule has 0 fully saturated rings. The number of ether oxygens (including phenoxy) is 1. The van der Waals surface area contributed by atoms with Crippen LogP contribution in [0.25, 0.3) is 16.8 Å². The van der Waals surface area contributed by atoms with Crippen molar-refractivity contribution in [1.82, 2.24) is 24.5 Å². The van der Waals surface area contributed by atoms with Crippen LogP contribution in [0.5, 0.6) is 5.75 Å². The first kappa shape index (κ1) is 18.6. The lowest BCUT2D eigenvalue weighted by Crippen LogP contribution is -2.25. The lowest BCUT2D eigenvalue weighted by molar-refractivity contribution is 0.416. The van der Waals surface area contributed by atoms with Crippen LogP contribution in [0.2, 0.25) is 0 Å². The second-order valence-electron chi connectivity index (χ2n) is 6.43. The zero-order chi connectivity index (χ0) is 20.5. The maximum absolute atomic E-state index is 14.0. The van der Waals surface area contributed by atoms with Crippen molar-refractivity contribution in [3.8, 4) is 22.6 Å². The van der Waals surface area contributed by atoms with Crippen molar-refractivity contribution in [3.05, 3.63) is 82.3 Å². The molecule has 0 radical (unpaired) electrons. The largest absolute Gasteiger partial charge is 0.496 e. The Labute approximate surface area is 164 Å². The van der Waals surface area contributed by atoms with Gasteiger partial charge in [0.05, 0.1) is 25.5 Å². The van der Waals surface area contributed by atoms with Crippen molar-refractivity contribution in [3.63, 3.8) is 0 Å². The Balaban J connectivity index is 1.75. The van der Waals surface area contributed by atoms with E-state index in [-0.39, 0.29) is 12.1 Å². The van der Waals surface area contributed by atoms with Gasteiger partial charge in [-0.15, -0.1) is 0 Å². The molecule has 4 rings (SSSR count). The highest BCUT2D eigenvalue weighted by Gasteiger charge is 2.16. The molecule has 29 heavy (non-hydrogen) atoms. The lowest BCUT2D eigenvalue weighted by Gasteiger charge is -2.10. The summed E-state index contributed by atoms with van der Waals surface area (Å²) in [6.07, 6.45) is 3.40. The highest BCUT2D eigenvalue weighted by atomic mass is 19.1. The van der Waals surface area contributed by atoms with E-state index in [9.17, 15) is 13.6 Å². The first-order valence-electron chi connectivity index (χ1n) is 8.76. The number of halogens is 2. The van der Waals surface area contributed by atoms with E-state index in [2.05, 4.69) is 15.3 Å². The van der Waals surface area contributed by atoms with Crippen LogP contribution < -0.4 is 10.4 Å². The molecule has 2 aromatic heterocycles. The van der Waals surface area contributed by atoms with Gasteiger partial charge in [0.1, 0.15) is 23.2 Å². The molecule has 7 nitrogen and oxygen atoms in total. The number of hydrogen-bond donors (Lipinski definition) is 1. The minimum Gasteiger partial charge on any atom is -0.496 e. The summed E-state index contributed by atoms with van der Waals surface area (Å²) >= 11 is 0. The third kappa shape index (κ3) is 3.42. The molecule has 0 amide bonds.